The van der Waals surface area contributed by atoms with E-state index in [0.29, 0.717) is 5.92 Å². The number of hydrogen-bond acceptors (Lipinski definition) is 2. The second kappa shape index (κ2) is 6.95. The zero-order chi connectivity index (χ0) is 14.5. The molecule has 0 saturated heterocycles. The minimum absolute atomic E-state index is 0.228. The van der Waals surface area contributed by atoms with Gasteiger partial charge in [0.15, 0.2) is 0 Å². The van der Waals surface area contributed by atoms with Gasteiger partial charge in [0, 0.05) is 19.3 Å². The minimum Gasteiger partial charge on any atom is -0.375 e. The first-order valence-electron chi connectivity index (χ1n) is 7.34. The number of anilines is 1. The molecule has 0 unspecified atom stereocenters. The Morgan fingerprint density at radius 3 is 2.21 bits per heavy atom. The average Bonchev–Trinajstić information content (AvgIpc) is 2.36. The highest BCUT2D eigenvalue weighted by atomic mass is 15.1. The topological polar surface area (TPSA) is 29.3 Å². The fourth-order valence-corrected chi connectivity index (χ4v) is 2.06. The third kappa shape index (κ3) is 5.65. The normalized spacial score (nSPS) is 11.9. The van der Waals surface area contributed by atoms with Gasteiger partial charge in [-0.15, -0.1) is 0 Å². The lowest BCUT2D eigenvalue weighted by Gasteiger charge is -2.27. The van der Waals surface area contributed by atoms with Crippen LogP contribution in [0, 0.1) is 11.3 Å². The third-order valence-corrected chi connectivity index (χ3v) is 3.70. The van der Waals surface area contributed by atoms with Gasteiger partial charge in [0.1, 0.15) is 0 Å². The van der Waals surface area contributed by atoms with Gasteiger partial charge in [-0.3, -0.25) is 0 Å². The van der Waals surface area contributed by atoms with E-state index in [1.807, 2.05) is 0 Å². The number of benzene rings is 1. The first-order valence-corrected chi connectivity index (χ1v) is 7.34. The predicted molar refractivity (Wildman–Crippen MR) is 85.7 cm³/mol. The van der Waals surface area contributed by atoms with Crippen LogP contribution in [-0.2, 0) is 6.42 Å². The summed E-state index contributed by atoms with van der Waals surface area (Å²) in [7, 11) is 2.16. The number of nitrogens with zero attached hydrogens (tertiary/aromatic N) is 1. The zero-order valence-electron chi connectivity index (χ0n) is 13.2. The monoisotopic (exact) mass is 262 g/mol. The van der Waals surface area contributed by atoms with Crippen LogP contribution >= 0.6 is 0 Å². The summed E-state index contributed by atoms with van der Waals surface area (Å²) in [6.07, 6.45) is 2.28. The van der Waals surface area contributed by atoms with Gasteiger partial charge in [0.05, 0.1) is 0 Å². The fourth-order valence-electron chi connectivity index (χ4n) is 2.06. The smallest absolute Gasteiger partial charge is 0.0363 e. The highest BCUT2D eigenvalue weighted by Crippen LogP contribution is 2.21. The summed E-state index contributed by atoms with van der Waals surface area (Å²) in [6, 6.07) is 8.96. The predicted octanol–water partition coefficient (Wildman–Crippen LogP) is 3.70. The Morgan fingerprint density at radius 1 is 1.16 bits per heavy atom. The van der Waals surface area contributed by atoms with Gasteiger partial charge >= 0.3 is 0 Å². The number of rotatable bonds is 7. The van der Waals surface area contributed by atoms with Crippen molar-refractivity contribution in [2.24, 2.45) is 17.1 Å². The van der Waals surface area contributed by atoms with Gasteiger partial charge in [-0.2, -0.15) is 0 Å². The van der Waals surface area contributed by atoms with Crippen molar-refractivity contribution in [1.82, 2.24) is 0 Å². The highest BCUT2D eigenvalue weighted by molar-refractivity contribution is 5.46. The molecule has 0 amide bonds. The van der Waals surface area contributed by atoms with Gasteiger partial charge in [-0.05, 0) is 48.4 Å². The van der Waals surface area contributed by atoms with E-state index in [9.17, 15) is 0 Å². The lowest BCUT2D eigenvalue weighted by atomic mass is 9.89. The van der Waals surface area contributed by atoms with Gasteiger partial charge < -0.3 is 10.6 Å². The maximum Gasteiger partial charge on any atom is 0.0363 e. The van der Waals surface area contributed by atoms with Crippen molar-refractivity contribution in [3.8, 4) is 0 Å². The summed E-state index contributed by atoms with van der Waals surface area (Å²) in [5.74, 6) is 0.717. The van der Waals surface area contributed by atoms with Crippen molar-refractivity contribution in [2.45, 2.75) is 40.5 Å². The molecule has 0 spiro atoms. The molecule has 0 saturated carbocycles. The lowest BCUT2D eigenvalue weighted by Crippen LogP contribution is -2.29. The lowest BCUT2D eigenvalue weighted by molar-refractivity contribution is 0.351. The van der Waals surface area contributed by atoms with Crippen LogP contribution in [0.3, 0.4) is 0 Å². The molecule has 0 aromatic heterocycles. The molecule has 0 bridgehead atoms. The van der Waals surface area contributed by atoms with Crippen molar-refractivity contribution in [1.29, 1.82) is 0 Å². The molecule has 0 atom stereocenters. The van der Waals surface area contributed by atoms with Gasteiger partial charge in [-0.1, -0.05) is 39.8 Å². The Morgan fingerprint density at radius 2 is 1.74 bits per heavy atom. The van der Waals surface area contributed by atoms with Crippen molar-refractivity contribution in [3.05, 3.63) is 29.8 Å². The van der Waals surface area contributed by atoms with Crippen LogP contribution in [-0.4, -0.2) is 20.1 Å². The largest absolute Gasteiger partial charge is 0.375 e. The Balaban J connectivity index is 2.55. The average molecular weight is 262 g/mol. The standard InChI is InChI=1S/C17H30N2/c1-14(2)12-15-6-8-16(9-7-15)19(5)11-10-17(3,4)13-18/h6-9,14H,10-13,18H2,1-5H3. The van der Waals surface area contributed by atoms with E-state index in [0.717, 1.165) is 25.9 Å². The molecule has 108 valence electrons. The van der Waals surface area contributed by atoms with E-state index in [2.05, 4.69) is 63.9 Å². The highest BCUT2D eigenvalue weighted by Gasteiger charge is 2.16. The first kappa shape index (κ1) is 16.0. The van der Waals surface area contributed by atoms with Gasteiger partial charge in [0.25, 0.3) is 0 Å². The van der Waals surface area contributed by atoms with Crippen LogP contribution in [0.2, 0.25) is 0 Å². The summed E-state index contributed by atoms with van der Waals surface area (Å²) in [5.41, 5.74) is 8.72. The van der Waals surface area contributed by atoms with E-state index in [-0.39, 0.29) is 5.41 Å². The Hall–Kier alpha value is -1.02. The van der Waals surface area contributed by atoms with E-state index in [1.165, 1.54) is 11.3 Å². The van der Waals surface area contributed by atoms with Crippen LogP contribution in [0.15, 0.2) is 24.3 Å². The van der Waals surface area contributed by atoms with Crippen LogP contribution in [0.1, 0.15) is 39.7 Å². The first-order chi connectivity index (χ1) is 8.84. The molecule has 0 heterocycles. The SMILES string of the molecule is CC(C)Cc1ccc(N(C)CCC(C)(C)CN)cc1. The van der Waals surface area contributed by atoms with Crippen molar-refractivity contribution in [2.75, 3.05) is 25.0 Å². The summed E-state index contributed by atoms with van der Waals surface area (Å²) in [6.45, 7) is 10.8. The molecule has 0 fully saturated rings. The number of hydrogen-bond donors (Lipinski definition) is 1. The van der Waals surface area contributed by atoms with Crippen molar-refractivity contribution in [3.63, 3.8) is 0 Å². The molecule has 0 aliphatic rings. The van der Waals surface area contributed by atoms with Gasteiger partial charge in [-0.25, -0.2) is 0 Å². The fraction of sp³-hybridized carbons (Fsp3) is 0.647. The molecule has 1 aromatic carbocycles. The molecule has 2 nitrogen and oxygen atoms in total. The second-order valence-electron chi connectivity index (χ2n) is 6.80. The van der Waals surface area contributed by atoms with Gasteiger partial charge in [0.2, 0.25) is 0 Å². The molecule has 2 N–H and O–H groups in total. The maximum atomic E-state index is 5.78. The van der Waals surface area contributed by atoms with E-state index in [1.54, 1.807) is 0 Å². The minimum atomic E-state index is 0.228. The molecule has 19 heavy (non-hydrogen) atoms. The quantitative estimate of drug-likeness (QED) is 0.812. The molecular formula is C17H30N2. The molecule has 1 rings (SSSR count). The van der Waals surface area contributed by atoms with Crippen molar-refractivity contribution < 1.29 is 0 Å². The molecule has 2 heteroatoms. The Labute approximate surface area is 119 Å². The van der Waals surface area contributed by atoms with Crippen LogP contribution < -0.4 is 10.6 Å². The maximum absolute atomic E-state index is 5.78. The van der Waals surface area contributed by atoms with E-state index in [4.69, 9.17) is 5.73 Å². The second-order valence-corrected chi connectivity index (χ2v) is 6.80. The molecule has 1 aromatic rings. The summed E-state index contributed by atoms with van der Waals surface area (Å²) in [5, 5.41) is 0. The molecule has 0 radical (unpaired) electrons. The van der Waals surface area contributed by atoms with Crippen LogP contribution in [0.4, 0.5) is 5.69 Å². The summed E-state index contributed by atoms with van der Waals surface area (Å²) < 4.78 is 0. The molecular weight excluding hydrogens is 232 g/mol. The summed E-state index contributed by atoms with van der Waals surface area (Å²) in [4.78, 5) is 2.32. The number of nitrogens with two attached hydrogens (primary N) is 1. The van der Waals surface area contributed by atoms with E-state index >= 15 is 0 Å². The van der Waals surface area contributed by atoms with Crippen LogP contribution in [0.5, 0.6) is 0 Å². The molecule has 0 aliphatic carbocycles. The zero-order valence-corrected chi connectivity index (χ0v) is 13.2. The van der Waals surface area contributed by atoms with E-state index < -0.39 is 0 Å². The Bertz CT molecular complexity index is 365. The third-order valence-electron chi connectivity index (χ3n) is 3.70. The van der Waals surface area contributed by atoms with Crippen LogP contribution in [0.25, 0.3) is 0 Å². The molecule has 0 aliphatic heterocycles. The summed E-state index contributed by atoms with van der Waals surface area (Å²) >= 11 is 0. The Kier molecular flexibility index (Phi) is 5.86. The van der Waals surface area contributed by atoms with Crippen molar-refractivity contribution >= 4 is 5.69 Å².